The molecule has 0 bridgehead atoms. The Morgan fingerprint density at radius 2 is 1.67 bits per heavy atom. The first kappa shape index (κ1) is 17.4. The van der Waals surface area contributed by atoms with Crippen molar-refractivity contribution in [1.29, 1.82) is 0 Å². The fourth-order valence-corrected chi connectivity index (χ4v) is 0. The number of hydrogen-bond acceptors (Lipinski definition) is 0. The molecule has 0 saturated heterocycles. The molecule has 0 fully saturated rings. The zero-order chi connectivity index (χ0) is 3.41. The number of allylic oxidation sites excluding steroid dienone is 1. The Balaban J connectivity index is -0.0000000450. The SMILES string of the molecule is C=CCC.O.O. The predicted molar refractivity (Wildman–Crippen MR) is 27.7 cm³/mol. The summed E-state index contributed by atoms with van der Waals surface area (Å²) >= 11 is 0. The molecule has 0 aromatic heterocycles. The highest BCUT2D eigenvalue weighted by Gasteiger charge is 1.45. The highest BCUT2D eigenvalue weighted by Crippen LogP contribution is 1.66. The lowest BCUT2D eigenvalue weighted by molar-refractivity contribution is 0.823. The van der Waals surface area contributed by atoms with Gasteiger partial charge in [-0.1, -0.05) is 13.0 Å². The third-order valence-electron chi connectivity index (χ3n) is 0.289. The lowest BCUT2D eigenvalue weighted by Crippen LogP contribution is -1.36. The van der Waals surface area contributed by atoms with Crippen LogP contribution in [0.4, 0.5) is 0 Å². The summed E-state index contributed by atoms with van der Waals surface area (Å²) in [6.45, 7) is 5.54. The van der Waals surface area contributed by atoms with Crippen LogP contribution in [0.1, 0.15) is 13.3 Å². The van der Waals surface area contributed by atoms with E-state index in [9.17, 15) is 0 Å². The molecule has 0 aliphatic rings. The molecule has 2 nitrogen and oxygen atoms in total. The van der Waals surface area contributed by atoms with Gasteiger partial charge in [-0.25, -0.2) is 0 Å². The largest absolute Gasteiger partial charge is 0.412 e. The monoisotopic (exact) mass is 92.1 g/mol. The second-order valence-electron chi connectivity index (χ2n) is 0.697. The molecule has 0 aliphatic heterocycles. The van der Waals surface area contributed by atoms with Crippen LogP contribution in [0, 0.1) is 0 Å². The fraction of sp³-hybridized carbons (Fsp3) is 0.500. The summed E-state index contributed by atoms with van der Waals surface area (Å²) in [5.41, 5.74) is 0. The Morgan fingerprint density at radius 1 is 1.50 bits per heavy atom. The van der Waals surface area contributed by atoms with E-state index in [4.69, 9.17) is 0 Å². The minimum absolute atomic E-state index is 0. The van der Waals surface area contributed by atoms with Crippen LogP contribution in [0.2, 0.25) is 0 Å². The molecule has 0 amide bonds. The molecule has 0 aliphatic carbocycles. The Kier molecular flexibility index (Phi) is 65.6. The zero-order valence-electron chi connectivity index (χ0n) is 3.99. The maximum absolute atomic E-state index is 3.48. The lowest BCUT2D eigenvalue weighted by Gasteiger charge is -1.57. The first-order chi connectivity index (χ1) is 1.91. The van der Waals surface area contributed by atoms with Crippen LogP contribution >= 0.6 is 0 Å². The van der Waals surface area contributed by atoms with Crippen molar-refractivity contribution in [2.45, 2.75) is 13.3 Å². The second kappa shape index (κ2) is 22.7. The average molecular weight is 92.1 g/mol. The number of hydrogen-bond donors (Lipinski definition) is 0. The van der Waals surface area contributed by atoms with Crippen molar-refractivity contribution in [3.05, 3.63) is 12.7 Å². The van der Waals surface area contributed by atoms with E-state index >= 15 is 0 Å². The van der Waals surface area contributed by atoms with Gasteiger partial charge in [0.2, 0.25) is 0 Å². The first-order valence-electron chi connectivity index (χ1n) is 1.52. The van der Waals surface area contributed by atoms with Crippen molar-refractivity contribution >= 4 is 0 Å². The van der Waals surface area contributed by atoms with Gasteiger partial charge in [0.25, 0.3) is 0 Å². The molecule has 0 rings (SSSR count). The molecule has 0 heterocycles. The topological polar surface area (TPSA) is 63.0 Å². The van der Waals surface area contributed by atoms with Crippen LogP contribution in [0.3, 0.4) is 0 Å². The van der Waals surface area contributed by atoms with Gasteiger partial charge in [-0.05, 0) is 6.42 Å². The summed E-state index contributed by atoms with van der Waals surface area (Å²) in [7, 11) is 0. The molecule has 40 valence electrons. The van der Waals surface area contributed by atoms with Crippen LogP contribution in [-0.4, -0.2) is 11.0 Å². The van der Waals surface area contributed by atoms with Crippen molar-refractivity contribution in [3.63, 3.8) is 0 Å². The molecule has 0 aromatic rings. The molecular weight excluding hydrogens is 80.0 g/mol. The van der Waals surface area contributed by atoms with Crippen LogP contribution < -0.4 is 0 Å². The average Bonchev–Trinajstić information content (AvgIpc) is 1.37. The fourth-order valence-electron chi connectivity index (χ4n) is 0. The van der Waals surface area contributed by atoms with Crippen molar-refractivity contribution < 1.29 is 11.0 Å². The van der Waals surface area contributed by atoms with Crippen LogP contribution in [-0.2, 0) is 0 Å². The Labute approximate surface area is 38.1 Å². The van der Waals surface area contributed by atoms with E-state index in [0.29, 0.717) is 0 Å². The van der Waals surface area contributed by atoms with Gasteiger partial charge in [-0.15, -0.1) is 6.58 Å². The van der Waals surface area contributed by atoms with E-state index in [0.717, 1.165) is 6.42 Å². The molecule has 0 unspecified atom stereocenters. The van der Waals surface area contributed by atoms with Crippen LogP contribution in [0.5, 0.6) is 0 Å². The molecule has 0 spiro atoms. The van der Waals surface area contributed by atoms with Gasteiger partial charge in [0.15, 0.2) is 0 Å². The van der Waals surface area contributed by atoms with Gasteiger partial charge in [-0.3, -0.25) is 0 Å². The third kappa shape index (κ3) is 59.5. The van der Waals surface area contributed by atoms with Gasteiger partial charge >= 0.3 is 0 Å². The van der Waals surface area contributed by atoms with Gasteiger partial charge in [-0.2, -0.15) is 0 Å². The highest BCUT2D eigenvalue weighted by molar-refractivity contribution is 4.60. The third-order valence-corrected chi connectivity index (χ3v) is 0.289. The highest BCUT2D eigenvalue weighted by atomic mass is 16.0. The van der Waals surface area contributed by atoms with Crippen LogP contribution in [0.15, 0.2) is 12.7 Å². The van der Waals surface area contributed by atoms with Crippen molar-refractivity contribution in [1.82, 2.24) is 0 Å². The summed E-state index contributed by atoms with van der Waals surface area (Å²) in [6, 6.07) is 0. The minimum Gasteiger partial charge on any atom is -0.412 e. The standard InChI is InChI=1S/C4H8.2H2O/c1-3-4-2;;/h3H,1,4H2,2H3;2*1H2. The zero-order valence-corrected chi connectivity index (χ0v) is 3.99. The van der Waals surface area contributed by atoms with Crippen molar-refractivity contribution in [3.8, 4) is 0 Å². The van der Waals surface area contributed by atoms with E-state index in [1.165, 1.54) is 0 Å². The molecule has 4 N–H and O–H groups in total. The summed E-state index contributed by atoms with van der Waals surface area (Å²) < 4.78 is 0. The van der Waals surface area contributed by atoms with Gasteiger partial charge in [0.05, 0.1) is 0 Å². The van der Waals surface area contributed by atoms with Gasteiger partial charge in [0, 0.05) is 0 Å². The van der Waals surface area contributed by atoms with Crippen LogP contribution in [0.25, 0.3) is 0 Å². The maximum Gasteiger partial charge on any atom is -0.0382 e. The first-order valence-corrected chi connectivity index (χ1v) is 1.52. The van der Waals surface area contributed by atoms with Crippen molar-refractivity contribution in [2.75, 3.05) is 0 Å². The second-order valence-corrected chi connectivity index (χ2v) is 0.697. The molecule has 0 radical (unpaired) electrons. The maximum atomic E-state index is 3.48. The lowest BCUT2D eigenvalue weighted by atomic mass is 10.5. The smallest absolute Gasteiger partial charge is 0.0382 e. The Hall–Kier alpha value is -0.340. The molecule has 2 heteroatoms. The normalized spacial score (nSPS) is 4.17. The van der Waals surface area contributed by atoms with E-state index in [1.54, 1.807) is 0 Å². The van der Waals surface area contributed by atoms with E-state index in [1.807, 2.05) is 6.08 Å². The van der Waals surface area contributed by atoms with E-state index in [2.05, 4.69) is 13.5 Å². The predicted octanol–water partition coefficient (Wildman–Crippen LogP) is -0.0670. The quantitative estimate of drug-likeness (QED) is 0.406. The Bertz CT molecular complexity index is 19.5. The Morgan fingerprint density at radius 3 is 1.67 bits per heavy atom. The van der Waals surface area contributed by atoms with Crippen molar-refractivity contribution in [2.24, 2.45) is 0 Å². The van der Waals surface area contributed by atoms with E-state index in [-0.39, 0.29) is 11.0 Å². The molecular formula is C4H12O2. The van der Waals surface area contributed by atoms with Gasteiger partial charge < -0.3 is 11.0 Å². The summed E-state index contributed by atoms with van der Waals surface area (Å²) in [4.78, 5) is 0. The number of rotatable bonds is 1. The summed E-state index contributed by atoms with van der Waals surface area (Å²) in [6.07, 6.45) is 2.96. The molecule has 0 atom stereocenters. The van der Waals surface area contributed by atoms with E-state index < -0.39 is 0 Å². The van der Waals surface area contributed by atoms with Gasteiger partial charge in [0.1, 0.15) is 0 Å². The molecule has 6 heavy (non-hydrogen) atoms. The minimum atomic E-state index is 0. The molecule has 0 saturated carbocycles. The summed E-state index contributed by atoms with van der Waals surface area (Å²) in [5.74, 6) is 0. The summed E-state index contributed by atoms with van der Waals surface area (Å²) in [5, 5.41) is 0. The molecule has 0 aromatic carbocycles.